The minimum atomic E-state index is -0.358. The molecular weight excluding hydrogens is 277 g/mol. The van der Waals surface area contributed by atoms with Gasteiger partial charge in [0.2, 0.25) is 5.91 Å². The molecule has 0 radical (unpaired) electrons. The van der Waals surface area contributed by atoms with E-state index in [1.54, 1.807) is 19.2 Å². The summed E-state index contributed by atoms with van der Waals surface area (Å²) in [7, 11) is 1.59. The summed E-state index contributed by atoms with van der Waals surface area (Å²) in [5, 5.41) is 2.52. The van der Waals surface area contributed by atoms with Gasteiger partial charge >= 0.3 is 0 Å². The molecule has 0 bridgehead atoms. The fourth-order valence-corrected chi connectivity index (χ4v) is 1.36. The Morgan fingerprint density at radius 1 is 1.56 bits per heavy atom. The number of hydrogen-bond acceptors (Lipinski definition) is 2. The number of nitrogens with one attached hydrogen (secondary N) is 1. The Hall–Kier alpha value is -1.10. The Balaban J connectivity index is 2.32. The van der Waals surface area contributed by atoms with Crippen LogP contribution in [0.1, 0.15) is 12.8 Å². The second-order valence-corrected chi connectivity index (χ2v) is 4.06. The van der Waals surface area contributed by atoms with E-state index in [1.165, 1.54) is 6.07 Å². The van der Waals surface area contributed by atoms with E-state index in [2.05, 4.69) is 21.2 Å². The Kier molecular flexibility index (Phi) is 5.25. The fourth-order valence-electron chi connectivity index (χ4n) is 1.11. The average molecular weight is 290 g/mol. The van der Waals surface area contributed by atoms with E-state index in [1.807, 2.05) is 0 Å². The third kappa shape index (κ3) is 4.18. The van der Waals surface area contributed by atoms with Crippen molar-refractivity contribution in [3.8, 4) is 5.75 Å². The van der Waals surface area contributed by atoms with E-state index < -0.39 is 0 Å². The van der Waals surface area contributed by atoms with E-state index in [-0.39, 0.29) is 11.7 Å². The van der Waals surface area contributed by atoms with E-state index in [4.69, 9.17) is 4.74 Å². The highest BCUT2D eigenvalue weighted by atomic mass is 79.9. The van der Waals surface area contributed by atoms with Crippen molar-refractivity contribution in [2.75, 3.05) is 13.7 Å². The predicted molar refractivity (Wildman–Crippen MR) is 62.9 cm³/mol. The van der Waals surface area contributed by atoms with Gasteiger partial charge in [-0.15, -0.1) is 0 Å². The smallest absolute Gasteiger partial charge is 0.219 e. The highest BCUT2D eigenvalue weighted by Gasteiger charge is 2.02. The quantitative estimate of drug-likeness (QED) is 0.846. The van der Waals surface area contributed by atoms with Gasteiger partial charge in [-0.3, -0.25) is 4.79 Å². The average Bonchev–Trinajstić information content (AvgIpc) is 2.28. The highest BCUT2D eigenvalue weighted by molar-refractivity contribution is 9.10. The molecule has 0 heterocycles. The van der Waals surface area contributed by atoms with Crippen LogP contribution in [-0.4, -0.2) is 19.6 Å². The van der Waals surface area contributed by atoms with Crippen molar-refractivity contribution in [2.45, 2.75) is 12.8 Å². The van der Waals surface area contributed by atoms with Gasteiger partial charge in [-0.1, -0.05) is 0 Å². The summed E-state index contributed by atoms with van der Waals surface area (Å²) < 4.78 is 18.8. The third-order valence-electron chi connectivity index (χ3n) is 1.99. The van der Waals surface area contributed by atoms with Gasteiger partial charge in [0.15, 0.2) is 0 Å². The Bertz CT molecular complexity index is 371. The molecule has 0 saturated carbocycles. The number of ether oxygens (including phenoxy) is 1. The second-order valence-electron chi connectivity index (χ2n) is 3.20. The van der Waals surface area contributed by atoms with Crippen molar-refractivity contribution in [2.24, 2.45) is 0 Å². The molecule has 1 amide bonds. The van der Waals surface area contributed by atoms with Crippen LogP contribution in [0, 0.1) is 5.82 Å². The molecular formula is C11H13BrFNO2. The number of carbonyl (C=O) groups excluding carboxylic acids is 1. The number of benzene rings is 1. The zero-order valence-electron chi connectivity index (χ0n) is 8.93. The van der Waals surface area contributed by atoms with Gasteiger partial charge < -0.3 is 10.1 Å². The van der Waals surface area contributed by atoms with Crippen LogP contribution in [0.2, 0.25) is 0 Å². The van der Waals surface area contributed by atoms with Gasteiger partial charge in [0, 0.05) is 19.5 Å². The lowest BCUT2D eigenvalue weighted by molar-refractivity contribution is -0.120. The fraction of sp³-hybridized carbons (Fsp3) is 0.364. The first-order valence-corrected chi connectivity index (χ1v) is 5.71. The minimum absolute atomic E-state index is 0.0226. The lowest BCUT2D eigenvalue weighted by Gasteiger charge is -2.06. The summed E-state index contributed by atoms with van der Waals surface area (Å²) in [5.41, 5.74) is 0. The third-order valence-corrected chi connectivity index (χ3v) is 2.63. The monoisotopic (exact) mass is 289 g/mol. The summed E-state index contributed by atoms with van der Waals surface area (Å²) in [6, 6.07) is 4.57. The maximum absolute atomic E-state index is 13.1. The van der Waals surface area contributed by atoms with Gasteiger partial charge in [0.05, 0.1) is 11.1 Å². The molecule has 0 aromatic heterocycles. The molecule has 0 spiro atoms. The standard InChI is InChI=1S/C11H13BrFNO2/c1-14-11(15)3-2-6-16-8-4-5-9(12)10(13)7-8/h4-5,7H,2-3,6H2,1H3,(H,14,15). The molecule has 0 atom stereocenters. The van der Waals surface area contributed by atoms with Crippen LogP contribution in [0.4, 0.5) is 4.39 Å². The molecule has 1 aromatic carbocycles. The molecule has 88 valence electrons. The second kappa shape index (κ2) is 6.48. The lowest BCUT2D eigenvalue weighted by atomic mass is 10.3. The van der Waals surface area contributed by atoms with Crippen molar-refractivity contribution in [1.29, 1.82) is 0 Å². The van der Waals surface area contributed by atoms with E-state index in [0.717, 1.165) is 0 Å². The van der Waals surface area contributed by atoms with Crippen molar-refractivity contribution < 1.29 is 13.9 Å². The van der Waals surface area contributed by atoms with Crippen LogP contribution in [0.3, 0.4) is 0 Å². The largest absolute Gasteiger partial charge is 0.493 e. The van der Waals surface area contributed by atoms with Gasteiger partial charge in [0.1, 0.15) is 11.6 Å². The van der Waals surface area contributed by atoms with Gasteiger partial charge in [0.25, 0.3) is 0 Å². The summed E-state index contributed by atoms with van der Waals surface area (Å²) in [5.74, 6) is 0.0898. The Labute approximate surface area is 102 Å². The van der Waals surface area contributed by atoms with Crippen LogP contribution in [-0.2, 0) is 4.79 Å². The Morgan fingerprint density at radius 3 is 2.94 bits per heavy atom. The zero-order chi connectivity index (χ0) is 12.0. The van der Waals surface area contributed by atoms with Crippen LogP contribution < -0.4 is 10.1 Å². The molecule has 1 aromatic rings. The summed E-state index contributed by atoms with van der Waals surface area (Å²) in [6.45, 7) is 0.397. The normalized spacial score (nSPS) is 9.94. The summed E-state index contributed by atoms with van der Waals surface area (Å²) in [4.78, 5) is 10.9. The summed E-state index contributed by atoms with van der Waals surface area (Å²) >= 11 is 3.06. The molecule has 16 heavy (non-hydrogen) atoms. The minimum Gasteiger partial charge on any atom is -0.493 e. The first kappa shape index (κ1) is 13.0. The predicted octanol–water partition coefficient (Wildman–Crippen LogP) is 2.49. The SMILES string of the molecule is CNC(=O)CCCOc1ccc(Br)c(F)c1. The van der Waals surface area contributed by atoms with Gasteiger partial charge in [-0.05, 0) is 34.5 Å². The van der Waals surface area contributed by atoms with Crippen LogP contribution in [0.15, 0.2) is 22.7 Å². The maximum Gasteiger partial charge on any atom is 0.219 e. The molecule has 0 unspecified atom stereocenters. The Morgan fingerprint density at radius 2 is 2.31 bits per heavy atom. The molecule has 0 aliphatic rings. The van der Waals surface area contributed by atoms with E-state index in [0.29, 0.717) is 29.7 Å². The molecule has 1 rings (SSSR count). The van der Waals surface area contributed by atoms with Crippen LogP contribution in [0.25, 0.3) is 0 Å². The number of rotatable bonds is 5. The lowest BCUT2D eigenvalue weighted by Crippen LogP contribution is -2.18. The van der Waals surface area contributed by atoms with Crippen molar-refractivity contribution >= 4 is 21.8 Å². The van der Waals surface area contributed by atoms with Crippen molar-refractivity contribution in [3.05, 3.63) is 28.5 Å². The van der Waals surface area contributed by atoms with E-state index in [9.17, 15) is 9.18 Å². The number of halogens is 2. The van der Waals surface area contributed by atoms with Gasteiger partial charge in [-0.2, -0.15) is 0 Å². The van der Waals surface area contributed by atoms with Crippen molar-refractivity contribution in [3.63, 3.8) is 0 Å². The highest BCUT2D eigenvalue weighted by Crippen LogP contribution is 2.20. The van der Waals surface area contributed by atoms with Crippen molar-refractivity contribution in [1.82, 2.24) is 5.32 Å². The van der Waals surface area contributed by atoms with Crippen LogP contribution >= 0.6 is 15.9 Å². The van der Waals surface area contributed by atoms with Crippen LogP contribution in [0.5, 0.6) is 5.75 Å². The molecule has 0 aliphatic carbocycles. The topological polar surface area (TPSA) is 38.3 Å². The first-order valence-electron chi connectivity index (χ1n) is 4.92. The van der Waals surface area contributed by atoms with Gasteiger partial charge in [-0.25, -0.2) is 4.39 Å². The number of hydrogen-bond donors (Lipinski definition) is 1. The molecule has 1 N–H and O–H groups in total. The molecule has 5 heteroatoms. The molecule has 0 aliphatic heterocycles. The first-order chi connectivity index (χ1) is 7.63. The molecule has 0 fully saturated rings. The maximum atomic E-state index is 13.1. The zero-order valence-corrected chi connectivity index (χ0v) is 10.5. The molecule has 3 nitrogen and oxygen atoms in total. The van der Waals surface area contributed by atoms with E-state index >= 15 is 0 Å². The number of carbonyl (C=O) groups is 1. The summed E-state index contributed by atoms with van der Waals surface area (Å²) in [6.07, 6.45) is 1.02. The molecule has 0 saturated heterocycles. The number of amides is 1.